The summed E-state index contributed by atoms with van der Waals surface area (Å²) < 4.78 is 9.80. The summed E-state index contributed by atoms with van der Waals surface area (Å²) >= 11 is 6.19. The zero-order valence-corrected chi connectivity index (χ0v) is 22.4. The van der Waals surface area contributed by atoms with Crippen LogP contribution in [0.25, 0.3) is 0 Å². The van der Waals surface area contributed by atoms with Crippen LogP contribution < -0.4 is 15.5 Å². The van der Waals surface area contributed by atoms with Crippen molar-refractivity contribution in [1.82, 2.24) is 0 Å². The molecular weight excluding hydrogens is 538 g/mol. The summed E-state index contributed by atoms with van der Waals surface area (Å²) in [5.74, 6) is -2.80. The van der Waals surface area contributed by atoms with Crippen molar-refractivity contribution in [1.29, 1.82) is 0 Å². The van der Waals surface area contributed by atoms with E-state index in [4.69, 9.17) is 16.3 Å². The van der Waals surface area contributed by atoms with E-state index in [0.29, 0.717) is 22.5 Å². The summed E-state index contributed by atoms with van der Waals surface area (Å²) in [5.41, 5.74) is 1.96. The Morgan fingerprint density at radius 2 is 1.27 bits per heavy atom. The highest BCUT2D eigenvalue weighted by atomic mass is 35.5. The lowest BCUT2D eigenvalue weighted by Gasteiger charge is -2.15. The lowest BCUT2D eigenvalue weighted by molar-refractivity contribution is -0.120. The first-order valence-electron chi connectivity index (χ1n) is 12.1. The molecule has 1 aliphatic rings. The Kier molecular flexibility index (Phi) is 8.30. The molecule has 0 aliphatic carbocycles. The Bertz CT molecular complexity index is 1510. The molecule has 0 radical (unpaired) electrons. The number of carbonyl (C=O) groups is 5. The first kappa shape index (κ1) is 28.1. The van der Waals surface area contributed by atoms with Crippen LogP contribution in [0, 0.1) is 0 Å². The van der Waals surface area contributed by atoms with Crippen molar-refractivity contribution in [3.8, 4) is 0 Å². The molecule has 1 aliphatic heterocycles. The quantitative estimate of drug-likeness (QED) is 0.298. The molecule has 3 amide bonds. The van der Waals surface area contributed by atoms with Gasteiger partial charge in [0, 0.05) is 16.9 Å². The van der Waals surface area contributed by atoms with Crippen LogP contribution in [0.3, 0.4) is 0 Å². The number of ether oxygens (including phenoxy) is 2. The van der Waals surface area contributed by atoms with Crippen LogP contribution in [-0.2, 0) is 19.1 Å². The molecule has 0 saturated heterocycles. The molecule has 11 heteroatoms. The van der Waals surface area contributed by atoms with Crippen molar-refractivity contribution in [3.05, 3.63) is 100 Å². The molecule has 10 nitrogen and oxygen atoms in total. The van der Waals surface area contributed by atoms with E-state index >= 15 is 0 Å². The average molecular weight is 562 g/mol. The van der Waals surface area contributed by atoms with E-state index in [1.54, 1.807) is 50.2 Å². The summed E-state index contributed by atoms with van der Waals surface area (Å²) in [6, 6.07) is 18.2. The minimum absolute atomic E-state index is 0.128. The van der Waals surface area contributed by atoms with Gasteiger partial charge in [-0.15, -0.1) is 0 Å². The lowest BCUT2D eigenvalue weighted by atomic mass is 10.1. The number of esters is 2. The van der Waals surface area contributed by atoms with E-state index in [0.717, 1.165) is 4.90 Å². The van der Waals surface area contributed by atoms with Crippen molar-refractivity contribution in [3.63, 3.8) is 0 Å². The number of carbonyl (C=O) groups excluding carboxylic acids is 5. The number of benzene rings is 3. The SMILES string of the molecule is COC(=O)c1ccc(N2C(=O)C(Cl)=C(Nc3ccc(C(=O)Nc4ccc(C(=O)OC(C)C)cc4)cc3)C2=O)cc1. The largest absolute Gasteiger partial charge is 0.465 e. The van der Waals surface area contributed by atoms with Gasteiger partial charge in [0.1, 0.15) is 10.7 Å². The van der Waals surface area contributed by atoms with Crippen LogP contribution in [0.4, 0.5) is 17.1 Å². The molecule has 4 rings (SSSR count). The number of imide groups is 1. The molecular formula is C29H24ClN3O7. The number of anilines is 3. The van der Waals surface area contributed by atoms with E-state index < -0.39 is 29.7 Å². The highest BCUT2D eigenvalue weighted by molar-refractivity contribution is 6.53. The van der Waals surface area contributed by atoms with Crippen LogP contribution in [0.15, 0.2) is 83.5 Å². The highest BCUT2D eigenvalue weighted by Gasteiger charge is 2.39. The molecule has 3 aromatic rings. The van der Waals surface area contributed by atoms with Crippen molar-refractivity contribution < 1.29 is 33.4 Å². The van der Waals surface area contributed by atoms with E-state index in [2.05, 4.69) is 15.4 Å². The number of hydrogen-bond acceptors (Lipinski definition) is 8. The fourth-order valence-electron chi connectivity index (χ4n) is 3.73. The standard InChI is InChI=1S/C29H24ClN3O7/c1-16(2)40-29(38)19-6-12-21(13-7-19)32-25(34)17-4-10-20(11-5-17)31-24-23(30)26(35)33(27(24)36)22-14-8-18(9-15-22)28(37)39-3/h4-16,31H,1-3H3,(H,32,34). The fraction of sp³-hybridized carbons (Fsp3) is 0.138. The minimum atomic E-state index is -0.723. The van der Waals surface area contributed by atoms with Crippen molar-refractivity contribution in [2.45, 2.75) is 20.0 Å². The average Bonchev–Trinajstić information content (AvgIpc) is 3.15. The summed E-state index contributed by atoms with van der Waals surface area (Å²) in [6.07, 6.45) is -0.241. The Hall–Kier alpha value is -4.96. The van der Waals surface area contributed by atoms with E-state index in [1.165, 1.54) is 43.5 Å². The number of hydrogen-bond donors (Lipinski definition) is 2. The topological polar surface area (TPSA) is 131 Å². The van der Waals surface area contributed by atoms with Gasteiger partial charge >= 0.3 is 11.9 Å². The van der Waals surface area contributed by atoms with Crippen LogP contribution in [0.5, 0.6) is 0 Å². The van der Waals surface area contributed by atoms with Gasteiger partial charge in [0.05, 0.1) is 30.0 Å². The molecule has 0 aromatic heterocycles. The van der Waals surface area contributed by atoms with E-state index in [-0.39, 0.29) is 28.1 Å². The molecule has 40 heavy (non-hydrogen) atoms. The molecule has 0 spiro atoms. The van der Waals surface area contributed by atoms with Gasteiger partial charge < -0.3 is 20.1 Å². The lowest BCUT2D eigenvalue weighted by Crippen LogP contribution is -2.32. The normalized spacial score (nSPS) is 13.0. The third kappa shape index (κ3) is 6.02. The zero-order valence-electron chi connectivity index (χ0n) is 21.7. The first-order chi connectivity index (χ1) is 19.1. The summed E-state index contributed by atoms with van der Waals surface area (Å²) in [4.78, 5) is 62.9. The minimum Gasteiger partial charge on any atom is -0.465 e. The third-order valence-electron chi connectivity index (χ3n) is 5.71. The maximum atomic E-state index is 13.0. The van der Waals surface area contributed by atoms with Gasteiger partial charge in [-0.25, -0.2) is 14.5 Å². The number of methoxy groups -OCH3 is 1. The van der Waals surface area contributed by atoms with Crippen LogP contribution in [-0.4, -0.2) is 42.9 Å². The Labute approximate surface area is 234 Å². The smallest absolute Gasteiger partial charge is 0.338 e. The fourth-order valence-corrected chi connectivity index (χ4v) is 3.95. The summed E-state index contributed by atoms with van der Waals surface area (Å²) in [7, 11) is 1.25. The van der Waals surface area contributed by atoms with E-state index in [1.807, 2.05) is 0 Å². The van der Waals surface area contributed by atoms with Crippen molar-refractivity contribution >= 4 is 58.3 Å². The predicted molar refractivity (Wildman–Crippen MR) is 148 cm³/mol. The second-order valence-electron chi connectivity index (χ2n) is 8.86. The monoisotopic (exact) mass is 561 g/mol. The van der Waals surface area contributed by atoms with Crippen LogP contribution in [0.2, 0.25) is 0 Å². The van der Waals surface area contributed by atoms with Gasteiger partial charge in [-0.2, -0.15) is 0 Å². The molecule has 0 atom stereocenters. The number of nitrogens with one attached hydrogen (secondary N) is 2. The molecule has 0 fully saturated rings. The van der Waals surface area contributed by atoms with Crippen LogP contribution in [0.1, 0.15) is 44.9 Å². The van der Waals surface area contributed by atoms with Gasteiger partial charge in [0.25, 0.3) is 17.7 Å². The molecule has 1 heterocycles. The molecule has 2 N–H and O–H groups in total. The van der Waals surface area contributed by atoms with E-state index in [9.17, 15) is 24.0 Å². The van der Waals surface area contributed by atoms with Gasteiger partial charge in [0.15, 0.2) is 0 Å². The number of halogens is 1. The number of amides is 3. The first-order valence-corrected chi connectivity index (χ1v) is 12.4. The maximum absolute atomic E-state index is 13.0. The Morgan fingerprint density at radius 1 is 0.750 bits per heavy atom. The molecule has 0 saturated carbocycles. The highest BCUT2D eigenvalue weighted by Crippen LogP contribution is 2.30. The van der Waals surface area contributed by atoms with Gasteiger partial charge in [-0.1, -0.05) is 11.6 Å². The van der Waals surface area contributed by atoms with Crippen molar-refractivity contribution in [2.24, 2.45) is 0 Å². The molecule has 3 aromatic carbocycles. The zero-order chi connectivity index (χ0) is 29.0. The second kappa shape index (κ2) is 11.8. The third-order valence-corrected chi connectivity index (χ3v) is 6.06. The molecule has 204 valence electrons. The van der Waals surface area contributed by atoms with Gasteiger partial charge in [-0.3, -0.25) is 14.4 Å². The second-order valence-corrected chi connectivity index (χ2v) is 9.24. The van der Waals surface area contributed by atoms with Crippen molar-refractivity contribution in [2.75, 3.05) is 22.6 Å². The summed E-state index contributed by atoms with van der Waals surface area (Å²) in [5, 5.41) is 5.28. The number of nitrogens with zero attached hydrogens (tertiary/aromatic N) is 1. The number of rotatable bonds is 8. The Balaban J connectivity index is 1.40. The molecule has 0 bridgehead atoms. The van der Waals surface area contributed by atoms with Gasteiger partial charge in [0.2, 0.25) is 0 Å². The summed E-state index contributed by atoms with van der Waals surface area (Å²) in [6.45, 7) is 3.51. The molecule has 0 unspecified atom stereocenters. The van der Waals surface area contributed by atoms with Gasteiger partial charge in [-0.05, 0) is 86.6 Å². The Morgan fingerprint density at radius 3 is 1.85 bits per heavy atom. The van der Waals surface area contributed by atoms with Crippen LogP contribution >= 0.6 is 11.6 Å². The maximum Gasteiger partial charge on any atom is 0.338 e. The predicted octanol–water partition coefficient (Wildman–Crippen LogP) is 4.73.